The lowest BCUT2D eigenvalue weighted by molar-refractivity contribution is -0.117. The second kappa shape index (κ2) is 5.03. The Bertz CT molecular complexity index is 627. The first-order chi connectivity index (χ1) is 9.63. The van der Waals surface area contributed by atoms with Gasteiger partial charge < -0.3 is 4.90 Å². The molecule has 4 nitrogen and oxygen atoms in total. The zero-order chi connectivity index (χ0) is 14.1. The highest BCUT2D eigenvalue weighted by Crippen LogP contribution is 2.28. The van der Waals surface area contributed by atoms with Crippen LogP contribution in [0.5, 0.6) is 0 Å². The maximum Gasteiger partial charge on any atom is 0.227 e. The van der Waals surface area contributed by atoms with Crippen molar-refractivity contribution in [3.63, 3.8) is 0 Å². The minimum absolute atomic E-state index is 0.0758. The molecule has 2 heterocycles. The van der Waals surface area contributed by atoms with E-state index in [0.29, 0.717) is 19.5 Å². The van der Waals surface area contributed by atoms with E-state index in [9.17, 15) is 13.6 Å². The van der Waals surface area contributed by atoms with E-state index in [1.165, 1.54) is 11.0 Å². The number of aromatic nitrogens is 2. The third-order valence-corrected chi connectivity index (χ3v) is 3.41. The lowest BCUT2D eigenvalue weighted by Gasteiger charge is -2.17. The van der Waals surface area contributed by atoms with Gasteiger partial charge in [-0.15, -0.1) is 0 Å². The van der Waals surface area contributed by atoms with Gasteiger partial charge in [0, 0.05) is 43.9 Å². The molecule has 1 aliphatic heterocycles. The highest BCUT2D eigenvalue weighted by Gasteiger charge is 2.32. The van der Waals surface area contributed by atoms with Crippen molar-refractivity contribution < 1.29 is 13.6 Å². The number of hydrogen-bond acceptors (Lipinski definition) is 2. The van der Waals surface area contributed by atoms with Gasteiger partial charge in [0.1, 0.15) is 11.6 Å². The first-order valence-electron chi connectivity index (χ1n) is 6.36. The number of anilines is 1. The molecule has 1 aliphatic rings. The van der Waals surface area contributed by atoms with Gasteiger partial charge in [-0.1, -0.05) is 0 Å². The monoisotopic (exact) mass is 277 g/mol. The molecule has 6 heteroatoms. The van der Waals surface area contributed by atoms with Crippen molar-refractivity contribution in [3.05, 3.63) is 48.3 Å². The molecule has 0 spiro atoms. The van der Waals surface area contributed by atoms with Gasteiger partial charge in [-0.2, -0.15) is 5.10 Å². The molecule has 0 N–H and O–H groups in total. The summed E-state index contributed by atoms with van der Waals surface area (Å²) in [5.41, 5.74) is 0.138. The van der Waals surface area contributed by atoms with E-state index in [-0.39, 0.29) is 17.5 Å². The fourth-order valence-electron chi connectivity index (χ4n) is 2.51. The molecule has 0 saturated carbocycles. The van der Waals surface area contributed by atoms with E-state index in [4.69, 9.17) is 0 Å². The highest BCUT2D eigenvalue weighted by molar-refractivity contribution is 5.95. The van der Waals surface area contributed by atoms with Gasteiger partial charge in [0.15, 0.2) is 0 Å². The summed E-state index contributed by atoms with van der Waals surface area (Å²) in [6.07, 6.45) is 3.84. The van der Waals surface area contributed by atoms with Gasteiger partial charge in [-0.3, -0.25) is 9.48 Å². The number of hydrogen-bond donors (Lipinski definition) is 0. The number of carbonyl (C=O) groups excluding carboxylic acids is 1. The minimum atomic E-state index is -0.710. The molecular weight excluding hydrogens is 264 g/mol. The van der Waals surface area contributed by atoms with Crippen LogP contribution >= 0.6 is 0 Å². The summed E-state index contributed by atoms with van der Waals surface area (Å²) in [5, 5.41) is 4.09. The maximum absolute atomic E-state index is 13.7. The van der Waals surface area contributed by atoms with Crippen LogP contribution in [0.15, 0.2) is 36.7 Å². The van der Waals surface area contributed by atoms with E-state index in [1.807, 2.05) is 12.3 Å². The molecule has 1 saturated heterocycles. The van der Waals surface area contributed by atoms with Gasteiger partial charge in [0.05, 0.1) is 5.69 Å². The normalized spacial score (nSPS) is 18.8. The summed E-state index contributed by atoms with van der Waals surface area (Å²) in [6.45, 7) is 1.03. The van der Waals surface area contributed by atoms with E-state index in [1.54, 1.807) is 10.9 Å². The Morgan fingerprint density at radius 3 is 2.90 bits per heavy atom. The molecule has 3 rings (SSSR count). The molecule has 104 valence electrons. The van der Waals surface area contributed by atoms with Gasteiger partial charge in [-0.25, -0.2) is 8.78 Å². The quantitative estimate of drug-likeness (QED) is 0.862. The number of carbonyl (C=O) groups is 1. The third-order valence-electron chi connectivity index (χ3n) is 3.41. The van der Waals surface area contributed by atoms with Crippen LogP contribution in [-0.4, -0.2) is 22.2 Å². The number of nitrogens with zero attached hydrogens (tertiary/aromatic N) is 3. The molecule has 0 aliphatic carbocycles. The average Bonchev–Trinajstić information content (AvgIpc) is 3.00. The Kier molecular flexibility index (Phi) is 3.22. The summed E-state index contributed by atoms with van der Waals surface area (Å²) in [4.78, 5) is 13.4. The van der Waals surface area contributed by atoms with Gasteiger partial charge in [0.2, 0.25) is 5.91 Å². The van der Waals surface area contributed by atoms with Crippen LogP contribution in [0.25, 0.3) is 0 Å². The summed E-state index contributed by atoms with van der Waals surface area (Å²) in [5.74, 6) is -1.43. The van der Waals surface area contributed by atoms with Crippen LogP contribution in [-0.2, 0) is 11.3 Å². The first kappa shape index (κ1) is 12.8. The Morgan fingerprint density at radius 1 is 1.35 bits per heavy atom. The van der Waals surface area contributed by atoms with Crippen LogP contribution in [0, 0.1) is 17.6 Å². The molecule has 1 aromatic heterocycles. The molecule has 2 aromatic rings. The number of amides is 1. The summed E-state index contributed by atoms with van der Waals surface area (Å²) >= 11 is 0. The number of benzene rings is 1. The van der Waals surface area contributed by atoms with Crippen LogP contribution in [0.1, 0.15) is 6.42 Å². The molecule has 1 unspecified atom stereocenters. The van der Waals surface area contributed by atoms with Crippen molar-refractivity contribution in [2.45, 2.75) is 13.0 Å². The summed E-state index contributed by atoms with van der Waals surface area (Å²) in [6, 6.07) is 5.07. The molecular formula is C14H13F2N3O. The largest absolute Gasteiger partial charge is 0.309 e. The minimum Gasteiger partial charge on any atom is -0.309 e. The number of rotatable bonds is 3. The Balaban J connectivity index is 1.76. The molecule has 0 radical (unpaired) electrons. The molecule has 1 amide bonds. The highest BCUT2D eigenvalue weighted by atomic mass is 19.1. The van der Waals surface area contributed by atoms with E-state index in [0.717, 1.165) is 12.1 Å². The fraction of sp³-hybridized carbons (Fsp3) is 0.286. The molecule has 20 heavy (non-hydrogen) atoms. The molecule has 1 fully saturated rings. The first-order valence-corrected chi connectivity index (χ1v) is 6.36. The van der Waals surface area contributed by atoms with Crippen LogP contribution in [0.2, 0.25) is 0 Å². The summed E-state index contributed by atoms with van der Waals surface area (Å²) in [7, 11) is 0. The third kappa shape index (κ3) is 2.41. The maximum atomic E-state index is 13.7. The van der Waals surface area contributed by atoms with E-state index < -0.39 is 11.6 Å². The standard InChI is InChI=1S/C14H13F2N3O/c15-11-2-3-13(12(16)7-11)19-9-10(6-14(19)20)8-18-5-1-4-17-18/h1-5,7,10H,6,8-9H2. The second-order valence-electron chi connectivity index (χ2n) is 4.90. The smallest absolute Gasteiger partial charge is 0.227 e. The second-order valence-corrected chi connectivity index (χ2v) is 4.90. The average molecular weight is 277 g/mol. The predicted octanol–water partition coefficient (Wildman–Crippen LogP) is 2.21. The SMILES string of the molecule is O=C1CC(Cn2cccn2)CN1c1ccc(F)cc1F. The van der Waals surface area contributed by atoms with Gasteiger partial charge >= 0.3 is 0 Å². The van der Waals surface area contributed by atoms with Gasteiger partial charge in [0.25, 0.3) is 0 Å². The zero-order valence-electron chi connectivity index (χ0n) is 10.7. The Morgan fingerprint density at radius 2 is 2.20 bits per heavy atom. The van der Waals surface area contributed by atoms with Crippen molar-refractivity contribution in [3.8, 4) is 0 Å². The molecule has 0 bridgehead atoms. The molecule has 1 aromatic carbocycles. The van der Waals surface area contributed by atoms with Crippen molar-refractivity contribution in [1.82, 2.24) is 9.78 Å². The Hall–Kier alpha value is -2.24. The van der Waals surface area contributed by atoms with Gasteiger partial charge in [-0.05, 0) is 18.2 Å². The number of halogens is 2. The van der Waals surface area contributed by atoms with Crippen LogP contribution in [0.3, 0.4) is 0 Å². The summed E-state index contributed by atoms with van der Waals surface area (Å²) < 4.78 is 28.4. The van der Waals surface area contributed by atoms with Crippen LogP contribution in [0.4, 0.5) is 14.5 Å². The Labute approximate surface area is 114 Å². The predicted molar refractivity (Wildman–Crippen MR) is 69.0 cm³/mol. The topological polar surface area (TPSA) is 38.1 Å². The zero-order valence-corrected chi connectivity index (χ0v) is 10.7. The fourth-order valence-corrected chi connectivity index (χ4v) is 2.51. The van der Waals surface area contributed by atoms with E-state index >= 15 is 0 Å². The van der Waals surface area contributed by atoms with E-state index in [2.05, 4.69) is 5.10 Å². The van der Waals surface area contributed by atoms with Crippen molar-refractivity contribution in [1.29, 1.82) is 0 Å². The van der Waals surface area contributed by atoms with Crippen molar-refractivity contribution in [2.24, 2.45) is 5.92 Å². The molecule has 1 atom stereocenters. The lowest BCUT2D eigenvalue weighted by Crippen LogP contribution is -2.26. The van der Waals surface area contributed by atoms with Crippen molar-refractivity contribution >= 4 is 11.6 Å². The van der Waals surface area contributed by atoms with Crippen LogP contribution < -0.4 is 4.90 Å². The van der Waals surface area contributed by atoms with Crippen molar-refractivity contribution in [2.75, 3.05) is 11.4 Å². The lowest BCUT2D eigenvalue weighted by atomic mass is 10.1.